The quantitative estimate of drug-likeness (QED) is 0.620. The zero-order chi connectivity index (χ0) is 13.3. The van der Waals surface area contributed by atoms with E-state index in [-0.39, 0.29) is 40.2 Å². The van der Waals surface area contributed by atoms with Crippen molar-refractivity contribution < 1.29 is 43.4 Å². The van der Waals surface area contributed by atoms with Gasteiger partial charge in [0.2, 0.25) is 0 Å². The van der Waals surface area contributed by atoms with E-state index in [2.05, 4.69) is 0 Å². The minimum absolute atomic E-state index is 0. The summed E-state index contributed by atoms with van der Waals surface area (Å²) in [6.07, 6.45) is 0. The molecule has 0 aliphatic carbocycles. The first-order valence-corrected chi connectivity index (χ1v) is 6.56. The van der Waals surface area contributed by atoms with Crippen molar-refractivity contribution in [2.45, 2.75) is 18.7 Å². The van der Waals surface area contributed by atoms with Gasteiger partial charge in [0.15, 0.2) is 0 Å². The van der Waals surface area contributed by atoms with Crippen molar-refractivity contribution in [3.8, 4) is 16.9 Å². The summed E-state index contributed by atoms with van der Waals surface area (Å²) >= 11 is -2.33. The van der Waals surface area contributed by atoms with Crippen molar-refractivity contribution in [2.75, 3.05) is 0 Å². The summed E-state index contributed by atoms with van der Waals surface area (Å²) in [5, 5.41) is 9.88. The first kappa shape index (κ1) is 16.4. The molecule has 2 aromatic carbocycles. The second-order valence-corrected chi connectivity index (χ2v) is 5.16. The average molecular weight is 284 g/mol. The Labute approximate surface area is 137 Å². The summed E-state index contributed by atoms with van der Waals surface area (Å²) in [7, 11) is 0. The third kappa shape index (κ3) is 3.68. The number of hydrogen-bond acceptors (Lipinski definition) is 3. The summed E-state index contributed by atoms with van der Waals surface area (Å²) in [4.78, 5) is 0.196. The van der Waals surface area contributed by atoms with Crippen molar-refractivity contribution in [2.24, 2.45) is 0 Å². The standard InChI is InChI=1S/C14H14O3S.Na/c1-9-3-5-13(15)11(7-9)12-8-10(2)4-6-14(12)18(16)17;/h3-8,15H,1-2H3,(H,16,17);/q;+1/p-1. The smallest absolute Gasteiger partial charge is 0.768 e. The fraction of sp³-hybridized carbons (Fsp3) is 0.143. The summed E-state index contributed by atoms with van der Waals surface area (Å²) < 4.78 is 22.4. The van der Waals surface area contributed by atoms with Gasteiger partial charge in [0.1, 0.15) is 5.75 Å². The van der Waals surface area contributed by atoms with Gasteiger partial charge in [-0.1, -0.05) is 29.3 Å². The van der Waals surface area contributed by atoms with Gasteiger partial charge in [-0.15, -0.1) is 0 Å². The van der Waals surface area contributed by atoms with Crippen molar-refractivity contribution in [1.29, 1.82) is 0 Å². The summed E-state index contributed by atoms with van der Waals surface area (Å²) in [5.74, 6) is 0.0814. The van der Waals surface area contributed by atoms with E-state index in [9.17, 15) is 13.9 Å². The van der Waals surface area contributed by atoms with E-state index in [0.717, 1.165) is 11.1 Å². The minimum Gasteiger partial charge on any atom is -0.768 e. The van der Waals surface area contributed by atoms with Gasteiger partial charge < -0.3 is 9.66 Å². The molecule has 1 N–H and O–H groups in total. The summed E-state index contributed by atoms with van der Waals surface area (Å²) in [5.41, 5.74) is 2.98. The van der Waals surface area contributed by atoms with Gasteiger partial charge in [0.05, 0.1) is 0 Å². The van der Waals surface area contributed by atoms with Gasteiger partial charge in [0, 0.05) is 16.0 Å². The SMILES string of the molecule is Cc1ccc(O)c(-c2cc(C)ccc2S(=O)[O-])c1.[Na+]. The Morgan fingerprint density at radius 1 is 1.00 bits per heavy atom. The van der Waals surface area contributed by atoms with Crippen LogP contribution >= 0.6 is 0 Å². The number of aryl methyl sites for hydroxylation is 2. The molecule has 2 aromatic rings. The van der Waals surface area contributed by atoms with Crippen molar-refractivity contribution >= 4 is 11.1 Å². The first-order valence-electron chi connectivity index (χ1n) is 5.49. The molecule has 5 heteroatoms. The van der Waals surface area contributed by atoms with Crippen LogP contribution in [0.15, 0.2) is 41.3 Å². The van der Waals surface area contributed by atoms with Gasteiger partial charge in [-0.25, -0.2) is 0 Å². The molecule has 0 saturated carbocycles. The maximum absolute atomic E-state index is 11.2. The maximum Gasteiger partial charge on any atom is 1.00 e. The van der Waals surface area contributed by atoms with Crippen LogP contribution in [0.25, 0.3) is 11.1 Å². The zero-order valence-electron chi connectivity index (χ0n) is 11.1. The summed E-state index contributed by atoms with van der Waals surface area (Å²) in [6, 6.07) is 10.2. The van der Waals surface area contributed by atoms with E-state index < -0.39 is 11.1 Å². The van der Waals surface area contributed by atoms with Crippen LogP contribution in [0.2, 0.25) is 0 Å². The molecule has 19 heavy (non-hydrogen) atoms. The first-order chi connectivity index (χ1) is 8.49. The Morgan fingerprint density at radius 3 is 2.11 bits per heavy atom. The molecule has 0 aliphatic rings. The van der Waals surface area contributed by atoms with Gasteiger partial charge >= 0.3 is 29.6 Å². The number of phenolic OH excluding ortho intramolecular Hbond substituents is 1. The predicted molar refractivity (Wildman–Crippen MR) is 70.2 cm³/mol. The van der Waals surface area contributed by atoms with Crippen molar-refractivity contribution in [3.63, 3.8) is 0 Å². The number of phenols is 1. The van der Waals surface area contributed by atoms with E-state index in [1.165, 1.54) is 0 Å². The molecule has 1 unspecified atom stereocenters. The normalized spacial score (nSPS) is 11.7. The van der Waals surface area contributed by atoms with E-state index >= 15 is 0 Å². The third-order valence-corrected chi connectivity index (χ3v) is 3.47. The van der Waals surface area contributed by atoms with E-state index in [4.69, 9.17) is 0 Å². The zero-order valence-corrected chi connectivity index (χ0v) is 14.0. The molecule has 0 aromatic heterocycles. The van der Waals surface area contributed by atoms with E-state index in [0.29, 0.717) is 11.1 Å². The third-order valence-electron chi connectivity index (χ3n) is 2.76. The van der Waals surface area contributed by atoms with Gasteiger partial charge in [-0.3, -0.25) is 4.21 Å². The Bertz CT molecular complexity index is 626. The fourth-order valence-corrected chi connectivity index (χ4v) is 2.39. The molecule has 0 radical (unpaired) electrons. The Kier molecular flexibility index (Phi) is 5.77. The van der Waals surface area contributed by atoms with Crippen LogP contribution in [0.3, 0.4) is 0 Å². The number of aromatic hydroxyl groups is 1. The van der Waals surface area contributed by atoms with Crippen LogP contribution in [0.5, 0.6) is 5.75 Å². The van der Waals surface area contributed by atoms with E-state index in [1.54, 1.807) is 36.4 Å². The second kappa shape index (κ2) is 6.68. The van der Waals surface area contributed by atoms with Gasteiger partial charge in [-0.2, -0.15) is 0 Å². The van der Waals surface area contributed by atoms with Crippen LogP contribution in [0, 0.1) is 13.8 Å². The van der Waals surface area contributed by atoms with Gasteiger partial charge in [0.25, 0.3) is 0 Å². The molecule has 0 saturated heterocycles. The molecule has 2 rings (SSSR count). The molecule has 0 bridgehead atoms. The molecular weight excluding hydrogens is 271 g/mol. The monoisotopic (exact) mass is 284 g/mol. The Hall–Kier alpha value is -0.650. The second-order valence-electron chi connectivity index (χ2n) is 4.25. The molecule has 0 aliphatic heterocycles. The predicted octanol–water partition coefficient (Wildman–Crippen LogP) is -0.0820. The molecule has 3 nitrogen and oxygen atoms in total. The van der Waals surface area contributed by atoms with Crippen molar-refractivity contribution in [3.05, 3.63) is 47.5 Å². The number of hydrogen-bond donors (Lipinski definition) is 1. The molecule has 0 spiro atoms. The molecule has 0 fully saturated rings. The maximum atomic E-state index is 11.2. The Morgan fingerprint density at radius 2 is 1.53 bits per heavy atom. The van der Waals surface area contributed by atoms with Gasteiger partial charge in [-0.05, 0) is 43.1 Å². The molecule has 1 atom stereocenters. The van der Waals surface area contributed by atoms with E-state index in [1.807, 2.05) is 13.8 Å². The molecule has 0 amide bonds. The molecular formula is C14H13NaO3S. The van der Waals surface area contributed by atoms with Crippen LogP contribution in [0.1, 0.15) is 11.1 Å². The molecule has 0 heterocycles. The fourth-order valence-electron chi connectivity index (χ4n) is 1.87. The largest absolute Gasteiger partial charge is 1.00 e. The van der Waals surface area contributed by atoms with Crippen LogP contribution in [0.4, 0.5) is 0 Å². The topological polar surface area (TPSA) is 60.4 Å². The van der Waals surface area contributed by atoms with Crippen LogP contribution in [-0.4, -0.2) is 13.9 Å². The molecule has 94 valence electrons. The van der Waals surface area contributed by atoms with Crippen LogP contribution < -0.4 is 29.6 Å². The van der Waals surface area contributed by atoms with Crippen LogP contribution in [-0.2, 0) is 11.1 Å². The Balaban J connectivity index is 0.00000180. The number of rotatable bonds is 2. The average Bonchev–Trinajstić information content (AvgIpc) is 2.31. The number of benzene rings is 2. The summed E-state index contributed by atoms with van der Waals surface area (Å²) in [6.45, 7) is 3.78. The minimum atomic E-state index is -2.33. The van der Waals surface area contributed by atoms with Crippen molar-refractivity contribution in [1.82, 2.24) is 0 Å².